The van der Waals surface area contributed by atoms with E-state index in [4.69, 9.17) is 0 Å². The summed E-state index contributed by atoms with van der Waals surface area (Å²) in [6, 6.07) is 75.9. The number of hydrogen-bond donors (Lipinski definition) is 0. The molecule has 0 saturated heterocycles. The van der Waals surface area contributed by atoms with E-state index in [0.717, 1.165) is 24.2 Å². The van der Waals surface area contributed by atoms with E-state index in [9.17, 15) is 0 Å². The Kier molecular flexibility index (Phi) is 8.02. The second-order valence-electron chi connectivity index (χ2n) is 15.9. The molecule has 60 heavy (non-hydrogen) atoms. The number of rotatable bonds is 6. The summed E-state index contributed by atoms with van der Waals surface area (Å²) in [6.07, 6.45) is 6.95. The maximum Gasteiger partial charge on any atom is 0.0546 e. The molecule has 11 aromatic rings. The lowest BCUT2D eigenvalue weighted by Crippen LogP contribution is -2.33. The van der Waals surface area contributed by atoms with Gasteiger partial charge in [0, 0.05) is 32.8 Å². The Balaban J connectivity index is 1.19. The van der Waals surface area contributed by atoms with E-state index in [2.05, 4.69) is 228 Å². The van der Waals surface area contributed by atoms with Crippen LogP contribution in [0.1, 0.15) is 12.8 Å². The number of benzene rings is 11. The standard InChI is InChI=1S/C58H40N2/c1-3-21-41(22-4-1)59(55-35-39-19-7-9-25-43(39)45-27-11-15-31-49(45)55)57-37-53-48-30-14-18-34-52(48)58(38-54(53)47-29-13-17-33-51(47)57)60(42-23-5-2-6-24-42)56-36-40-20-8-10-26-44(40)46-28-12-16-32-50(46)56/h1-13,15-17,19-38H,14,18H2. The Hall–Kier alpha value is -7.68. The lowest BCUT2D eigenvalue weighted by atomic mass is 9.92. The summed E-state index contributed by atoms with van der Waals surface area (Å²) in [5.41, 5.74) is 6.96. The smallest absolute Gasteiger partial charge is 0.0546 e. The number of para-hydroxylation sites is 2. The summed E-state index contributed by atoms with van der Waals surface area (Å²) < 4.78 is 0. The summed E-state index contributed by atoms with van der Waals surface area (Å²) in [6.45, 7) is 0. The van der Waals surface area contributed by atoms with Crippen LogP contribution >= 0.6 is 0 Å². The van der Waals surface area contributed by atoms with Crippen LogP contribution in [0, 0.1) is 0 Å². The third-order valence-corrected chi connectivity index (χ3v) is 12.6. The van der Waals surface area contributed by atoms with Crippen molar-refractivity contribution >= 4 is 111 Å². The molecule has 1 aliphatic carbocycles. The van der Waals surface area contributed by atoms with E-state index in [0.29, 0.717) is 0 Å². The molecule has 1 aliphatic rings. The van der Waals surface area contributed by atoms with Crippen LogP contribution in [0.15, 0.2) is 206 Å². The van der Waals surface area contributed by atoms with E-state index >= 15 is 0 Å². The minimum atomic E-state index is 0.992. The zero-order valence-corrected chi connectivity index (χ0v) is 33.1. The van der Waals surface area contributed by atoms with Crippen LogP contribution in [-0.4, -0.2) is 0 Å². The van der Waals surface area contributed by atoms with Crippen molar-refractivity contribution in [3.8, 4) is 0 Å². The molecule has 0 bridgehead atoms. The molecule has 0 N–H and O–H groups in total. The Morgan fingerprint density at radius 1 is 0.250 bits per heavy atom. The van der Waals surface area contributed by atoms with E-state index in [1.165, 1.54) is 97.8 Å². The maximum atomic E-state index is 2.52. The van der Waals surface area contributed by atoms with Crippen LogP contribution in [0.25, 0.3) is 76.8 Å². The van der Waals surface area contributed by atoms with Gasteiger partial charge in [-0.2, -0.15) is 0 Å². The van der Waals surface area contributed by atoms with Crippen LogP contribution in [0.4, 0.5) is 34.1 Å². The van der Waals surface area contributed by atoms with Crippen molar-refractivity contribution < 1.29 is 0 Å². The van der Waals surface area contributed by atoms with Crippen molar-refractivity contribution in [3.63, 3.8) is 0 Å². The Bertz CT molecular complexity index is 3610. The normalized spacial score (nSPS) is 12.5. The van der Waals surface area contributed by atoms with Gasteiger partial charge in [0.2, 0.25) is 0 Å². The molecule has 0 radical (unpaired) electrons. The predicted molar refractivity (Wildman–Crippen MR) is 258 cm³/mol. The molecule has 0 unspecified atom stereocenters. The van der Waals surface area contributed by atoms with Crippen molar-refractivity contribution in [1.82, 2.24) is 0 Å². The Morgan fingerprint density at radius 3 is 1.10 bits per heavy atom. The van der Waals surface area contributed by atoms with Gasteiger partial charge in [-0.05, 0) is 115 Å². The highest BCUT2D eigenvalue weighted by atomic mass is 15.2. The molecular weight excluding hydrogens is 725 g/mol. The molecule has 2 heteroatoms. The molecule has 11 aromatic carbocycles. The molecule has 0 spiro atoms. The molecular formula is C58H40N2. The first-order valence-corrected chi connectivity index (χ1v) is 21.0. The predicted octanol–water partition coefficient (Wildman–Crippen LogP) is 14.9. The van der Waals surface area contributed by atoms with Gasteiger partial charge in [0.05, 0.1) is 22.7 Å². The fourth-order valence-electron chi connectivity index (χ4n) is 9.92. The molecule has 0 aromatic heterocycles. The molecule has 0 saturated carbocycles. The quantitative estimate of drug-likeness (QED) is 0.156. The van der Waals surface area contributed by atoms with E-state index in [1.54, 1.807) is 0 Å². The van der Waals surface area contributed by atoms with Gasteiger partial charge in [-0.3, -0.25) is 0 Å². The van der Waals surface area contributed by atoms with Crippen molar-refractivity contribution in [1.29, 1.82) is 0 Å². The van der Waals surface area contributed by atoms with Gasteiger partial charge in [0.1, 0.15) is 0 Å². The molecule has 2 nitrogen and oxygen atoms in total. The summed E-state index contributed by atoms with van der Waals surface area (Å²) in [5.74, 6) is 0. The highest BCUT2D eigenvalue weighted by molar-refractivity contribution is 6.20. The fraction of sp³-hybridized carbons (Fsp3) is 0.0345. The second kappa shape index (κ2) is 14.0. The van der Waals surface area contributed by atoms with Gasteiger partial charge in [-0.1, -0.05) is 170 Å². The molecule has 0 fully saturated rings. The molecule has 12 rings (SSSR count). The van der Waals surface area contributed by atoms with Crippen molar-refractivity contribution in [3.05, 3.63) is 217 Å². The largest absolute Gasteiger partial charge is 0.309 e. The van der Waals surface area contributed by atoms with Crippen molar-refractivity contribution in [2.45, 2.75) is 12.8 Å². The summed E-state index contributed by atoms with van der Waals surface area (Å²) in [4.78, 5) is 5.02. The maximum absolute atomic E-state index is 2.52. The van der Waals surface area contributed by atoms with Crippen LogP contribution in [-0.2, 0) is 0 Å². The number of fused-ring (bicyclic) bond motifs is 11. The summed E-state index contributed by atoms with van der Waals surface area (Å²) >= 11 is 0. The number of hydrogen-bond acceptors (Lipinski definition) is 2. The lowest BCUT2D eigenvalue weighted by Gasteiger charge is -2.31. The first kappa shape index (κ1) is 34.4. The minimum absolute atomic E-state index is 0.992. The summed E-state index contributed by atoms with van der Waals surface area (Å²) in [7, 11) is 0. The highest BCUT2D eigenvalue weighted by Crippen LogP contribution is 2.47. The number of anilines is 6. The third-order valence-electron chi connectivity index (χ3n) is 12.6. The first-order chi connectivity index (χ1) is 29.8. The lowest BCUT2D eigenvalue weighted by molar-refractivity contribution is 1.12. The van der Waals surface area contributed by atoms with E-state index in [-0.39, 0.29) is 0 Å². The van der Waals surface area contributed by atoms with Gasteiger partial charge in [-0.15, -0.1) is 0 Å². The Labute approximate surface area is 348 Å². The summed E-state index contributed by atoms with van der Waals surface area (Å²) in [5, 5.41) is 17.5. The monoisotopic (exact) mass is 764 g/mol. The van der Waals surface area contributed by atoms with Gasteiger partial charge in [0.15, 0.2) is 0 Å². The van der Waals surface area contributed by atoms with Crippen LogP contribution in [0.3, 0.4) is 0 Å². The van der Waals surface area contributed by atoms with Gasteiger partial charge < -0.3 is 9.80 Å². The van der Waals surface area contributed by atoms with Crippen LogP contribution in [0.5, 0.6) is 0 Å². The number of nitrogens with zero attached hydrogens (tertiary/aromatic N) is 2. The van der Waals surface area contributed by atoms with E-state index < -0.39 is 0 Å². The zero-order chi connectivity index (χ0) is 39.6. The molecule has 0 amide bonds. The molecule has 0 heterocycles. The van der Waals surface area contributed by atoms with Gasteiger partial charge >= 0.3 is 0 Å². The molecule has 0 atom stereocenters. The third kappa shape index (κ3) is 5.42. The minimum Gasteiger partial charge on any atom is -0.309 e. The van der Waals surface area contributed by atoms with Gasteiger partial charge in [0.25, 0.3) is 0 Å². The average Bonchev–Trinajstić information content (AvgIpc) is 3.32. The molecule has 0 aliphatic heterocycles. The van der Waals surface area contributed by atoms with Crippen molar-refractivity contribution in [2.24, 2.45) is 0 Å². The highest BCUT2D eigenvalue weighted by Gasteiger charge is 2.24. The SMILES string of the molecule is C1=c2c(N(c3ccccc3)c3cc4ccccc4c4ccccc34)cc3c(cc(N(c4ccccc4)c4cc5ccccc5c5ccccc45)c4ccccc43)c2=CCC1. The van der Waals surface area contributed by atoms with Crippen molar-refractivity contribution in [2.75, 3.05) is 9.80 Å². The van der Waals surface area contributed by atoms with E-state index in [1.807, 2.05) is 0 Å². The first-order valence-electron chi connectivity index (χ1n) is 21.0. The van der Waals surface area contributed by atoms with Crippen LogP contribution < -0.4 is 20.2 Å². The van der Waals surface area contributed by atoms with Crippen LogP contribution in [0.2, 0.25) is 0 Å². The average molecular weight is 765 g/mol. The zero-order valence-electron chi connectivity index (χ0n) is 33.1. The topological polar surface area (TPSA) is 6.48 Å². The Morgan fingerprint density at radius 2 is 0.600 bits per heavy atom. The fourth-order valence-corrected chi connectivity index (χ4v) is 9.92. The second-order valence-corrected chi connectivity index (χ2v) is 15.9. The molecule has 282 valence electrons. The van der Waals surface area contributed by atoms with Gasteiger partial charge in [-0.25, -0.2) is 0 Å².